The van der Waals surface area contributed by atoms with Crippen molar-refractivity contribution in [3.63, 3.8) is 0 Å². The number of rotatable bonds is 3. The molecule has 0 unspecified atom stereocenters. The van der Waals surface area contributed by atoms with Crippen molar-refractivity contribution in [2.45, 2.75) is 6.92 Å². The summed E-state index contributed by atoms with van der Waals surface area (Å²) in [5, 5.41) is 12.1. The normalized spacial score (nSPS) is 10.0. The van der Waals surface area contributed by atoms with Crippen LogP contribution in [0.5, 0.6) is 11.5 Å². The minimum atomic E-state index is -0.215. The maximum Gasteiger partial charge on any atom is 0.255 e. The van der Waals surface area contributed by atoms with Gasteiger partial charge in [-0.15, -0.1) is 0 Å². The standard InChI is InChI=1S/C15H15NO3/c1-10-8-12(17)6-7-14(10)16-15(18)11-4-3-5-13(9-11)19-2/h3-9,17H,1-2H3,(H,16,18). The second-order valence-electron chi connectivity index (χ2n) is 4.19. The second-order valence-corrected chi connectivity index (χ2v) is 4.19. The van der Waals surface area contributed by atoms with Crippen molar-refractivity contribution in [1.82, 2.24) is 0 Å². The maximum atomic E-state index is 12.1. The molecule has 0 aliphatic rings. The van der Waals surface area contributed by atoms with Crippen molar-refractivity contribution < 1.29 is 14.6 Å². The first-order chi connectivity index (χ1) is 9.10. The topological polar surface area (TPSA) is 58.6 Å². The molecular formula is C15H15NO3. The highest BCUT2D eigenvalue weighted by Crippen LogP contribution is 2.21. The average Bonchev–Trinajstić information content (AvgIpc) is 2.42. The fraction of sp³-hybridized carbons (Fsp3) is 0.133. The van der Waals surface area contributed by atoms with Crippen LogP contribution in [-0.2, 0) is 0 Å². The van der Waals surface area contributed by atoms with Crippen molar-refractivity contribution in [3.8, 4) is 11.5 Å². The first kappa shape index (κ1) is 13.0. The van der Waals surface area contributed by atoms with Crippen LogP contribution in [-0.4, -0.2) is 18.1 Å². The van der Waals surface area contributed by atoms with Crippen molar-refractivity contribution >= 4 is 11.6 Å². The molecule has 4 nitrogen and oxygen atoms in total. The van der Waals surface area contributed by atoms with Gasteiger partial charge in [0.05, 0.1) is 7.11 Å². The Morgan fingerprint density at radius 3 is 2.68 bits per heavy atom. The fourth-order valence-electron chi connectivity index (χ4n) is 1.75. The molecule has 0 saturated heterocycles. The Morgan fingerprint density at radius 2 is 2.00 bits per heavy atom. The number of ether oxygens (including phenoxy) is 1. The molecule has 2 aromatic rings. The minimum absolute atomic E-state index is 0.178. The van der Waals surface area contributed by atoms with Crippen molar-refractivity contribution in [2.24, 2.45) is 0 Å². The second kappa shape index (κ2) is 5.44. The van der Waals surface area contributed by atoms with Gasteiger partial charge in [-0.1, -0.05) is 6.07 Å². The summed E-state index contributed by atoms with van der Waals surface area (Å²) in [6.07, 6.45) is 0. The number of methoxy groups -OCH3 is 1. The van der Waals surface area contributed by atoms with E-state index < -0.39 is 0 Å². The number of phenolic OH excluding ortho intramolecular Hbond substituents is 1. The van der Waals surface area contributed by atoms with Gasteiger partial charge in [0, 0.05) is 11.3 Å². The zero-order valence-electron chi connectivity index (χ0n) is 10.8. The number of aryl methyl sites for hydroxylation is 1. The lowest BCUT2D eigenvalue weighted by Crippen LogP contribution is -2.12. The number of aromatic hydroxyl groups is 1. The molecule has 0 spiro atoms. The minimum Gasteiger partial charge on any atom is -0.508 e. The molecule has 98 valence electrons. The Bertz CT molecular complexity index is 608. The van der Waals surface area contributed by atoms with Crippen molar-refractivity contribution in [1.29, 1.82) is 0 Å². The molecule has 0 saturated carbocycles. The monoisotopic (exact) mass is 257 g/mol. The Labute approximate surface area is 111 Å². The number of benzene rings is 2. The summed E-state index contributed by atoms with van der Waals surface area (Å²) in [4.78, 5) is 12.1. The number of phenols is 1. The quantitative estimate of drug-likeness (QED) is 0.831. The molecule has 0 bridgehead atoms. The van der Waals surface area contributed by atoms with Gasteiger partial charge in [-0.3, -0.25) is 4.79 Å². The van der Waals surface area contributed by atoms with Gasteiger partial charge in [0.25, 0.3) is 5.91 Å². The lowest BCUT2D eigenvalue weighted by atomic mass is 10.1. The maximum absolute atomic E-state index is 12.1. The van der Waals surface area contributed by atoms with Crippen LogP contribution in [0.2, 0.25) is 0 Å². The predicted molar refractivity (Wildman–Crippen MR) is 73.8 cm³/mol. The van der Waals surface area contributed by atoms with Gasteiger partial charge in [-0.25, -0.2) is 0 Å². The third kappa shape index (κ3) is 3.04. The molecule has 0 atom stereocenters. The number of carbonyl (C=O) groups excluding carboxylic acids is 1. The van der Waals surface area contributed by atoms with Crippen molar-refractivity contribution in [3.05, 3.63) is 53.6 Å². The number of nitrogens with one attached hydrogen (secondary N) is 1. The summed E-state index contributed by atoms with van der Waals surface area (Å²) in [5.41, 5.74) is 1.99. The van der Waals surface area contributed by atoms with Crippen LogP contribution in [0.1, 0.15) is 15.9 Å². The van der Waals surface area contributed by atoms with E-state index in [4.69, 9.17) is 4.74 Å². The van der Waals surface area contributed by atoms with E-state index in [0.29, 0.717) is 17.0 Å². The van der Waals surface area contributed by atoms with E-state index in [1.165, 1.54) is 6.07 Å². The largest absolute Gasteiger partial charge is 0.508 e. The van der Waals surface area contributed by atoms with Crippen LogP contribution in [0.25, 0.3) is 0 Å². The van der Waals surface area contributed by atoms with E-state index in [-0.39, 0.29) is 11.7 Å². The smallest absolute Gasteiger partial charge is 0.255 e. The van der Waals surface area contributed by atoms with Gasteiger partial charge in [-0.2, -0.15) is 0 Å². The zero-order chi connectivity index (χ0) is 13.8. The van der Waals surface area contributed by atoms with Gasteiger partial charge >= 0.3 is 0 Å². The highest BCUT2D eigenvalue weighted by Gasteiger charge is 2.08. The summed E-state index contributed by atoms with van der Waals surface area (Å²) in [5.74, 6) is 0.597. The van der Waals surface area contributed by atoms with E-state index in [1.807, 2.05) is 6.92 Å². The number of hydrogen-bond acceptors (Lipinski definition) is 3. The summed E-state index contributed by atoms with van der Waals surface area (Å²) in [6.45, 7) is 1.82. The predicted octanol–water partition coefficient (Wildman–Crippen LogP) is 2.96. The van der Waals surface area contributed by atoms with Crippen LogP contribution in [0.4, 0.5) is 5.69 Å². The molecule has 4 heteroatoms. The lowest BCUT2D eigenvalue weighted by Gasteiger charge is -2.09. The van der Waals surface area contributed by atoms with Crippen LogP contribution < -0.4 is 10.1 Å². The molecule has 1 amide bonds. The molecule has 0 heterocycles. The fourth-order valence-corrected chi connectivity index (χ4v) is 1.75. The number of anilines is 1. The molecule has 0 aliphatic heterocycles. The molecular weight excluding hydrogens is 242 g/mol. The summed E-state index contributed by atoms with van der Waals surface area (Å²) < 4.78 is 5.08. The van der Waals surface area contributed by atoms with Gasteiger partial charge in [-0.05, 0) is 48.9 Å². The molecule has 2 N–H and O–H groups in total. The van der Waals surface area contributed by atoms with Gasteiger partial charge in [0.1, 0.15) is 11.5 Å². The van der Waals surface area contributed by atoms with Crippen LogP contribution >= 0.6 is 0 Å². The van der Waals surface area contributed by atoms with Crippen LogP contribution in [0.3, 0.4) is 0 Å². The number of hydrogen-bond donors (Lipinski definition) is 2. The molecule has 2 rings (SSSR count). The number of amides is 1. The van der Waals surface area contributed by atoms with Gasteiger partial charge < -0.3 is 15.2 Å². The molecule has 0 aromatic heterocycles. The Hall–Kier alpha value is -2.49. The highest BCUT2D eigenvalue weighted by atomic mass is 16.5. The third-order valence-corrected chi connectivity index (χ3v) is 2.79. The SMILES string of the molecule is COc1cccc(C(=O)Nc2ccc(O)cc2C)c1. The molecule has 2 aromatic carbocycles. The van der Waals surface area contributed by atoms with Gasteiger partial charge in [0.2, 0.25) is 0 Å². The first-order valence-electron chi connectivity index (χ1n) is 5.85. The van der Waals surface area contributed by atoms with E-state index >= 15 is 0 Å². The van der Waals surface area contributed by atoms with Gasteiger partial charge in [0.15, 0.2) is 0 Å². The first-order valence-corrected chi connectivity index (χ1v) is 5.85. The average molecular weight is 257 g/mol. The lowest BCUT2D eigenvalue weighted by molar-refractivity contribution is 0.102. The van der Waals surface area contributed by atoms with Crippen molar-refractivity contribution in [2.75, 3.05) is 12.4 Å². The van der Waals surface area contributed by atoms with E-state index in [1.54, 1.807) is 43.5 Å². The molecule has 0 aliphatic carbocycles. The summed E-state index contributed by atoms with van der Waals surface area (Å²) in [6, 6.07) is 11.7. The third-order valence-electron chi connectivity index (χ3n) is 2.79. The van der Waals surface area contributed by atoms with E-state index in [0.717, 1.165) is 5.56 Å². The Kier molecular flexibility index (Phi) is 3.71. The molecule has 0 radical (unpaired) electrons. The molecule has 0 fully saturated rings. The summed E-state index contributed by atoms with van der Waals surface area (Å²) >= 11 is 0. The zero-order valence-corrected chi connectivity index (χ0v) is 10.8. The van der Waals surface area contributed by atoms with E-state index in [9.17, 15) is 9.90 Å². The summed E-state index contributed by atoms with van der Waals surface area (Å²) in [7, 11) is 1.56. The van der Waals surface area contributed by atoms with Crippen LogP contribution in [0.15, 0.2) is 42.5 Å². The van der Waals surface area contributed by atoms with Crippen LogP contribution in [0, 0.1) is 6.92 Å². The molecule has 19 heavy (non-hydrogen) atoms. The number of carbonyl (C=O) groups is 1. The Morgan fingerprint density at radius 1 is 1.21 bits per heavy atom. The Balaban J connectivity index is 2.20. The highest BCUT2D eigenvalue weighted by molar-refractivity contribution is 6.04. The van der Waals surface area contributed by atoms with E-state index in [2.05, 4.69) is 5.32 Å².